The summed E-state index contributed by atoms with van der Waals surface area (Å²) in [7, 11) is 0. The number of pyridine rings is 2. The highest BCUT2D eigenvalue weighted by Gasteiger charge is 2.13. The number of carbonyl (C=O) groups excluding carboxylic acids is 1. The van der Waals surface area contributed by atoms with E-state index >= 15 is 0 Å². The predicted molar refractivity (Wildman–Crippen MR) is 136 cm³/mol. The summed E-state index contributed by atoms with van der Waals surface area (Å²) in [6.45, 7) is 3.69. The van der Waals surface area contributed by atoms with E-state index in [-0.39, 0.29) is 5.97 Å². The molecule has 7 nitrogen and oxygen atoms in total. The first kappa shape index (κ1) is 22.7. The topological polar surface area (TPSA) is 78.3 Å². The first-order valence-corrected chi connectivity index (χ1v) is 12.0. The number of benzene rings is 1. The second-order valence-corrected chi connectivity index (χ2v) is 8.35. The lowest BCUT2D eigenvalue weighted by molar-refractivity contribution is -0.137. The van der Waals surface area contributed by atoms with Crippen LogP contribution in [0.1, 0.15) is 30.3 Å². The van der Waals surface area contributed by atoms with E-state index in [1.54, 1.807) is 19.3 Å². The Morgan fingerprint density at radius 2 is 2.03 bits per heavy atom. The number of hydrogen-bond acceptors (Lipinski definition) is 6. The highest BCUT2D eigenvalue weighted by atomic mass is 16.5. The van der Waals surface area contributed by atoms with Gasteiger partial charge in [0, 0.05) is 54.3 Å². The lowest BCUT2D eigenvalue weighted by Gasteiger charge is -2.17. The third kappa shape index (κ3) is 5.19. The minimum absolute atomic E-state index is 0.323. The van der Waals surface area contributed by atoms with Crippen LogP contribution in [0.2, 0.25) is 0 Å². The van der Waals surface area contributed by atoms with Gasteiger partial charge < -0.3 is 19.4 Å². The Balaban J connectivity index is 1.33. The molecule has 35 heavy (non-hydrogen) atoms. The molecule has 1 aliphatic rings. The monoisotopic (exact) mass is 468 g/mol. The van der Waals surface area contributed by atoms with Crippen molar-refractivity contribution in [2.45, 2.75) is 26.2 Å². The molecule has 4 heterocycles. The lowest BCUT2D eigenvalue weighted by Crippen LogP contribution is -2.14. The van der Waals surface area contributed by atoms with Crippen LogP contribution in [0, 0.1) is 0 Å². The van der Waals surface area contributed by atoms with Gasteiger partial charge in [0.05, 0.1) is 35.8 Å². The first-order chi connectivity index (χ1) is 17.2. The van der Waals surface area contributed by atoms with Crippen LogP contribution in [-0.4, -0.2) is 40.3 Å². The van der Waals surface area contributed by atoms with E-state index in [0.29, 0.717) is 13.2 Å². The number of nitrogens with zero attached hydrogens (tertiary/aromatic N) is 3. The van der Waals surface area contributed by atoms with Crippen molar-refractivity contribution in [1.29, 1.82) is 0 Å². The van der Waals surface area contributed by atoms with Gasteiger partial charge in [0.2, 0.25) is 0 Å². The van der Waals surface area contributed by atoms with Crippen molar-refractivity contribution >= 4 is 28.3 Å². The SMILES string of the molecule is CCOC(=O)C=C(c1ccncc1)n1ccc2cc(OCCc3ccc4c(n3)CCCN4)ccc21. The van der Waals surface area contributed by atoms with Gasteiger partial charge in [0.1, 0.15) is 5.75 Å². The van der Waals surface area contributed by atoms with Gasteiger partial charge in [-0.2, -0.15) is 0 Å². The van der Waals surface area contributed by atoms with Crippen molar-refractivity contribution in [3.8, 4) is 5.75 Å². The van der Waals surface area contributed by atoms with Crippen LogP contribution in [-0.2, 0) is 22.4 Å². The van der Waals surface area contributed by atoms with Gasteiger partial charge in [0.15, 0.2) is 0 Å². The molecular weight excluding hydrogens is 440 g/mol. The van der Waals surface area contributed by atoms with Crippen LogP contribution >= 0.6 is 0 Å². The average Bonchev–Trinajstić information content (AvgIpc) is 3.31. The van der Waals surface area contributed by atoms with Crippen LogP contribution in [0.15, 0.2) is 73.2 Å². The highest BCUT2D eigenvalue weighted by Crippen LogP contribution is 2.28. The Morgan fingerprint density at radius 3 is 2.89 bits per heavy atom. The number of carbonyl (C=O) groups is 1. The molecule has 0 bridgehead atoms. The number of anilines is 1. The van der Waals surface area contributed by atoms with E-state index in [4.69, 9.17) is 14.5 Å². The molecule has 0 radical (unpaired) electrons. The molecule has 4 aromatic rings. The summed E-state index contributed by atoms with van der Waals surface area (Å²) in [5.41, 5.74) is 5.91. The zero-order valence-corrected chi connectivity index (χ0v) is 19.7. The van der Waals surface area contributed by atoms with E-state index < -0.39 is 0 Å². The van der Waals surface area contributed by atoms with Crippen LogP contribution in [0.25, 0.3) is 16.6 Å². The number of fused-ring (bicyclic) bond motifs is 2. The molecule has 0 atom stereocenters. The second kappa shape index (κ2) is 10.4. The van der Waals surface area contributed by atoms with Gasteiger partial charge in [-0.3, -0.25) is 9.97 Å². The summed E-state index contributed by atoms with van der Waals surface area (Å²) in [6.07, 6.45) is 9.78. The van der Waals surface area contributed by atoms with Crippen molar-refractivity contribution < 1.29 is 14.3 Å². The van der Waals surface area contributed by atoms with E-state index in [1.165, 1.54) is 6.08 Å². The van der Waals surface area contributed by atoms with Gasteiger partial charge in [-0.05, 0) is 68.3 Å². The fourth-order valence-corrected chi connectivity index (χ4v) is 4.32. The van der Waals surface area contributed by atoms with E-state index in [2.05, 4.69) is 22.4 Å². The van der Waals surface area contributed by atoms with Gasteiger partial charge in [-0.25, -0.2) is 4.79 Å². The molecule has 7 heteroatoms. The van der Waals surface area contributed by atoms with Crippen molar-refractivity contribution in [3.05, 3.63) is 90.1 Å². The Kier molecular flexibility index (Phi) is 6.75. The number of aromatic nitrogens is 3. The van der Waals surface area contributed by atoms with Gasteiger partial charge in [-0.1, -0.05) is 0 Å². The second-order valence-electron chi connectivity index (χ2n) is 8.35. The number of hydrogen-bond donors (Lipinski definition) is 1. The van der Waals surface area contributed by atoms with Gasteiger partial charge in [0.25, 0.3) is 0 Å². The summed E-state index contributed by atoms with van der Waals surface area (Å²) in [6, 6.07) is 15.9. The largest absolute Gasteiger partial charge is 0.493 e. The normalized spacial score (nSPS) is 13.2. The summed E-state index contributed by atoms with van der Waals surface area (Å²) < 4.78 is 13.2. The van der Waals surface area contributed by atoms with Crippen molar-refractivity contribution in [1.82, 2.24) is 14.5 Å². The quantitative estimate of drug-likeness (QED) is 0.294. The zero-order valence-electron chi connectivity index (χ0n) is 19.7. The average molecular weight is 469 g/mol. The molecule has 0 saturated heterocycles. The number of ether oxygens (including phenoxy) is 2. The van der Waals surface area contributed by atoms with E-state index in [9.17, 15) is 4.79 Å². The Labute approximate surface area is 204 Å². The summed E-state index contributed by atoms with van der Waals surface area (Å²) in [5.74, 6) is 0.419. The Hall–Kier alpha value is -4.13. The van der Waals surface area contributed by atoms with Crippen LogP contribution < -0.4 is 10.1 Å². The van der Waals surface area contributed by atoms with Gasteiger partial charge >= 0.3 is 5.97 Å². The molecule has 178 valence electrons. The summed E-state index contributed by atoms with van der Waals surface area (Å²) in [5, 5.41) is 4.42. The van der Waals surface area contributed by atoms with E-state index in [1.807, 2.05) is 47.2 Å². The number of rotatable bonds is 8. The third-order valence-corrected chi connectivity index (χ3v) is 6.00. The minimum Gasteiger partial charge on any atom is -0.493 e. The molecule has 1 aliphatic heterocycles. The smallest absolute Gasteiger partial charge is 0.332 e. The highest BCUT2D eigenvalue weighted by molar-refractivity contribution is 5.94. The summed E-state index contributed by atoms with van der Waals surface area (Å²) >= 11 is 0. The molecule has 0 aliphatic carbocycles. The van der Waals surface area contributed by atoms with Crippen molar-refractivity contribution in [2.24, 2.45) is 0 Å². The molecule has 1 aromatic carbocycles. The Bertz CT molecular complexity index is 1360. The third-order valence-electron chi connectivity index (χ3n) is 6.00. The molecule has 5 rings (SSSR count). The molecule has 0 saturated carbocycles. The van der Waals surface area contributed by atoms with Crippen LogP contribution in [0.4, 0.5) is 5.69 Å². The maximum absolute atomic E-state index is 12.3. The zero-order chi connectivity index (χ0) is 24.0. The molecule has 1 N–H and O–H groups in total. The molecule has 0 unspecified atom stereocenters. The van der Waals surface area contributed by atoms with E-state index in [0.717, 1.165) is 70.8 Å². The number of nitrogens with one attached hydrogen (secondary N) is 1. The standard InChI is InChI=1S/C28H28N4O3/c1-2-34-28(33)19-27(20-9-14-29-15-10-20)32-16-11-21-18-23(6-8-26(21)32)35-17-12-22-5-7-24-25(31-22)4-3-13-30-24/h5-11,14-16,18-19,30H,2-4,12-13,17H2,1H3. The molecule has 0 fully saturated rings. The first-order valence-electron chi connectivity index (χ1n) is 12.0. The predicted octanol–water partition coefficient (Wildman–Crippen LogP) is 4.86. The lowest BCUT2D eigenvalue weighted by atomic mass is 10.1. The fraction of sp³-hybridized carbons (Fsp3) is 0.250. The Morgan fingerprint density at radius 1 is 1.14 bits per heavy atom. The summed E-state index contributed by atoms with van der Waals surface area (Å²) in [4.78, 5) is 21.2. The van der Waals surface area contributed by atoms with Crippen LogP contribution in [0.5, 0.6) is 5.75 Å². The number of aryl methyl sites for hydroxylation is 1. The molecule has 0 amide bonds. The number of esters is 1. The molecule has 0 spiro atoms. The van der Waals surface area contributed by atoms with Crippen LogP contribution in [0.3, 0.4) is 0 Å². The molecule has 3 aromatic heterocycles. The maximum atomic E-state index is 12.3. The molecular formula is C28H28N4O3. The maximum Gasteiger partial charge on any atom is 0.332 e. The van der Waals surface area contributed by atoms with Gasteiger partial charge in [-0.15, -0.1) is 0 Å². The van der Waals surface area contributed by atoms with Crippen molar-refractivity contribution in [2.75, 3.05) is 25.1 Å². The minimum atomic E-state index is -0.382. The fourth-order valence-electron chi connectivity index (χ4n) is 4.32. The van der Waals surface area contributed by atoms with Crippen molar-refractivity contribution in [3.63, 3.8) is 0 Å².